The molecule has 0 aliphatic carbocycles. The van der Waals surface area contributed by atoms with Crippen LogP contribution in [0.1, 0.15) is 31.4 Å². The summed E-state index contributed by atoms with van der Waals surface area (Å²) in [6, 6.07) is 11.5. The van der Waals surface area contributed by atoms with Crippen LogP contribution in [0.4, 0.5) is 0 Å². The summed E-state index contributed by atoms with van der Waals surface area (Å²) in [7, 11) is 0. The third-order valence-electron chi connectivity index (χ3n) is 4.95. The van der Waals surface area contributed by atoms with Crippen molar-refractivity contribution in [3.63, 3.8) is 0 Å². The minimum absolute atomic E-state index is 0.216. The van der Waals surface area contributed by atoms with Crippen molar-refractivity contribution in [2.24, 2.45) is 5.10 Å². The van der Waals surface area contributed by atoms with Gasteiger partial charge in [0.05, 0.1) is 12.6 Å². The fraction of sp³-hybridized carbons (Fsp3) is 0.348. The Morgan fingerprint density at radius 2 is 1.97 bits per heavy atom. The lowest BCUT2D eigenvalue weighted by Crippen LogP contribution is -2.52. The molecule has 2 aromatic rings. The molecule has 9 nitrogen and oxygen atoms in total. The fourth-order valence-electron chi connectivity index (χ4n) is 3.30. The molecule has 1 amide bonds. The topological polar surface area (TPSA) is 121 Å². The van der Waals surface area contributed by atoms with E-state index in [1.54, 1.807) is 38.4 Å². The molecule has 0 fully saturated rings. The average molecular weight is 471 g/mol. The quantitative estimate of drug-likeness (QED) is 0.507. The van der Waals surface area contributed by atoms with Crippen LogP contribution >= 0.6 is 11.8 Å². The highest BCUT2D eigenvalue weighted by Crippen LogP contribution is 2.30. The highest BCUT2D eigenvalue weighted by atomic mass is 32.2. The second-order valence-electron chi connectivity index (χ2n) is 7.36. The number of esters is 1. The first-order valence-electron chi connectivity index (χ1n) is 10.6. The first-order valence-corrected chi connectivity index (χ1v) is 11.5. The molecule has 0 saturated heterocycles. The summed E-state index contributed by atoms with van der Waals surface area (Å²) in [6.45, 7) is 3.51. The molecule has 1 aliphatic rings. The van der Waals surface area contributed by atoms with E-state index >= 15 is 0 Å². The predicted octanol–water partition coefficient (Wildman–Crippen LogP) is 2.27. The number of hydrogen-bond acceptors (Lipinski definition) is 8. The maximum Gasteiger partial charge on any atom is 0.339 e. The number of hydrogen-bond donors (Lipinski definition) is 2. The number of amides is 1. The highest BCUT2D eigenvalue weighted by Gasteiger charge is 2.40. The van der Waals surface area contributed by atoms with Crippen LogP contribution in [-0.4, -0.2) is 62.1 Å². The molecule has 3 atom stereocenters. The fourth-order valence-corrected chi connectivity index (χ4v) is 4.26. The summed E-state index contributed by atoms with van der Waals surface area (Å²) in [5.74, 6) is -2.20. The molecule has 2 heterocycles. The van der Waals surface area contributed by atoms with Gasteiger partial charge in [0, 0.05) is 18.0 Å². The molecule has 0 spiro atoms. The van der Waals surface area contributed by atoms with Gasteiger partial charge in [0.15, 0.2) is 0 Å². The molecule has 0 bridgehead atoms. The molecule has 174 valence electrons. The number of nitrogens with zero attached hydrogens (tertiary/aromatic N) is 3. The van der Waals surface area contributed by atoms with Crippen molar-refractivity contribution in [3.8, 4) is 0 Å². The number of thioether (sulfide) groups is 1. The molecule has 1 aromatic heterocycles. The molecule has 10 heteroatoms. The number of ether oxygens (including phenoxy) is 1. The summed E-state index contributed by atoms with van der Waals surface area (Å²) in [4.78, 5) is 41.5. The van der Waals surface area contributed by atoms with Gasteiger partial charge in [0.1, 0.15) is 11.1 Å². The number of hydrazone groups is 1. The molecule has 2 N–H and O–H groups in total. The zero-order valence-electron chi connectivity index (χ0n) is 18.4. The van der Waals surface area contributed by atoms with Crippen LogP contribution < -0.4 is 5.32 Å². The van der Waals surface area contributed by atoms with E-state index in [1.807, 2.05) is 30.3 Å². The van der Waals surface area contributed by atoms with E-state index in [0.717, 1.165) is 22.3 Å². The molecule has 0 radical (unpaired) electrons. The predicted molar refractivity (Wildman–Crippen MR) is 124 cm³/mol. The summed E-state index contributed by atoms with van der Waals surface area (Å²) < 4.78 is 5.17. The molecule has 33 heavy (non-hydrogen) atoms. The van der Waals surface area contributed by atoms with Gasteiger partial charge in [-0.05, 0) is 44.4 Å². The van der Waals surface area contributed by atoms with Crippen molar-refractivity contribution in [2.45, 2.75) is 44.1 Å². The molecular weight excluding hydrogens is 444 g/mol. The molecular formula is C23H26N4O5S. The molecule has 0 saturated carbocycles. The van der Waals surface area contributed by atoms with Crippen molar-refractivity contribution in [2.75, 3.05) is 6.61 Å². The van der Waals surface area contributed by atoms with Crippen molar-refractivity contribution in [1.29, 1.82) is 0 Å². The van der Waals surface area contributed by atoms with E-state index in [4.69, 9.17) is 4.74 Å². The number of aliphatic carboxylic acids is 1. The van der Waals surface area contributed by atoms with Crippen molar-refractivity contribution >= 4 is 34.7 Å². The number of carboxylic acids is 1. The Hall–Kier alpha value is -3.24. The normalized spacial score (nSPS) is 17.2. The number of carbonyl (C=O) groups is 3. The number of pyridine rings is 1. The zero-order chi connectivity index (χ0) is 23.8. The van der Waals surface area contributed by atoms with E-state index in [9.17, 15) is 19.5 Å². The minimum atomic E-state index is -1.21. The van der Waals surface area contributed by atoms with Gasteiger partial charge in [-0.25, -0.2) is 9.80 Å². The van der Waals surface area contributed by atoms with E-state index in [2.05, 4.69) is 15.4 Å². The minimum Gasteiger partial charge on any atom is -0.479 e. The van der Waals surface area contributed by atoms with E-state index in [-0.39, 0.29) is 6.61 Å². The standard InChI is InChI=1S/C23H26N4O5S/c1-3-32-23(31)18(12-11-16-8-5-4-6-9-16)25-15(2)20(28)27-21(22(29)30)33-19(26-27)17-10-7-13-24-14-17/h4-10,13-15,18,21,25H,3,11-12H2,1-2H3,(H,29,30)/t15-,18-,21?/m0/s1. The lowest BCUT2D eigenvalue weighted by atomic mass is 10.0. The molecule has 1 aromatic carbocycles. The van der Waals surface area contributed by atoms with Crippen molar-refractivity contribution < 1.29 is 24.2 Å². The first-order chi connectivity index (χ1) is 15.9. The Bertz CT molecular complexity index is 1000. The molecule has 3 rings (SSSR count). The summed E-state index contributed by atoms with van der Waals surface area (Å²) in [5.41, 5.74) is 1.68. The van der Waals surface area contributed by atoms with Crippen LogP contribution in [0, 0.1) is 0 Å². The molecule has 1 aliphatic heterocycles. The van der Waals surface area contributed by atoms with Gasteiger partial charge < -0.3 is 9.84 Å². The van der Waals surface area contributed by atoms with Gasteiger partial charge in [-0.1, -0.05) is 42.1 Å². The number of carbonyl (C=O) groups excluding carboxylic acids is 2. The van der Waals surface area contributed by atoms with Gasteiger partial charge >= 0.3 is 11.9 Å². The number of aryl methyl sites for hydroxylation is 1. The van der Waals surface area contributed by atoms with E-state index in [1.165, 1.54) is 0 Å². The number of benzene rings is 1. The van der Waals surface area contributed by atoms with Crippen LogP contribution in [0.5, 0.6) is 0 Å². The first kappa shape index (κ1) is 24.4. The van der Waals surface area contributed by atoms with Crippen molar-refractivity contribution in [3.05, 3.63) is 66.0 Å². The third-order valence-corrected chi connectivity index (χ3v) is 6.11. The Labute approximate surface area is 196 Å². The van der Waals surface area contributed by atoms with Crippen LogP contribution in [0.3, 0.4) is 0 Å². The van der Waals surface area contributed by atoms with Gasteiger partial charge in [-0.2, -0.15) is 5.10 Å². The van der Waals surface area contributed by atoms with E-state index in [0.29, 0.717) is 23.4 Å². The lowest BCUT2D eigenvalue weighted by Gasteiger charge is -2.25. The van der Waals surface area contributed by atoms with Crippen LogP contribution in [0.2, 0.25) is 0 Å². The van der Waals surface area contributed by atoms with Crippen molar-refractivity contribution in [1.82, 2.24) is 15.3 Å². The van der Waals surface area contributed by atoms with Crippen LogP contribution in [0.15, 0.2) is 60.0 Å². The lowest BCUT2D eigenvalue weighted by molar-refractivity contribution is -0.149. The second-order valence-corrected chi connectivity index (χ2v) is 8.42. The van der Waals surface area contributed by atoms with Gasteiger partial charge in [-0.15, -0.1) is 0 Å². The second kappa shape index (κ2) is 11.6. The Balaban J connectivity index is 1.73. The van der Waals surface area contributed by atoms with Gasteiger partial charge in [-0.3, -0.25) is 19.9 Å². The third kappa shape index (κ3) is 6.39. The van der Waals surface area contributed by atoms with Crippen LogP contribution in [-0.2, 0) is 25.5 Å². The molecule has 1 unspecified atom stereocenters. The Kier molecular flexibility index (Phi) is 8.56. The van der Waals surface area contributed by atoms with Crippen LogP contribution in [0.25, 0.3) is 0 Å². The Morgan fingerprint density at radius 1 is 1.21 bits per heavy atom. The summed E-state index contributed by atoms with van der Waals surface area (Å²) in [6.07, 6.45) is 4.18. The summed E-state index contributed by atoms with van der Waals surface area (Å²) >= 11 is 0.963. The number of nitrogens with one attached hydrogen (secondary N) is 1. The number of carboxylic acid groups (broad SMARTS) is 1. The maximum atomic E-state index is 13.1. The van der Waals surface area contributed by atoms with Gasteiger partial charge in [0.25, 0.3) is 5.91 Å². The number of aromatic nitrogens is 1. The summed E-state index contributed by atoms with van der Waals surface area (Å²) in [5, 5.41) is 17.0. The largest absolute Gasteiger partial charge is 0.479 e. The monoisotopic (exact) mass is 470 g/mol. The SMILES string of the molecule is CCOC(=O)[C@H](CCc1ccccc1)N[C@@H](C)C(=O)N1N=C(c2cccnc2)SC1C(=O)O. The maximum absolute atomic E-state index is 13.1. The number of rotatable bonds is 10. The van der Waals surface area contributed by atoms with Gasteiger partial charge in [0.2, 0.25) is 5.37 Å². The van der Waals surface area contributed by atoms with E-state index < -0.39 is 35.3 Å². The zero-order valence-corrected chi connectivity index (χ0v) is 19.2. The smallest absolute Gasteiger partial charge is 0.339 e. The highest BCUT2D eigenvalue weighted by molar-refractivity contribution is 8.15. The Morgan fingerprint density at radius 3 is 2.61 bits per heavy atom. The average Bonchev–Trinajstić information content (AvgIpc) is 3.28.